The highest BCUT2D eigenvalue weighted by molar-refractivity contribution is 4.88. The summed E-state index contributed by atoms with van der Waals surface area (Å²) in [5.41, 5.74) is 0. The molecule has 0 saturated carbocycles. The normalized spacial score (nSPS) is 44.0. The van der Waals surface area contributed by atoms with E-state index < -0.39 is 24.4 Å². The summed E-state index contributed by atoms with van der Waals surface area (Å²) >= 11 is 0. The second kappa shape index (κ2) is 4.15. The Morgan fingerprint density at radius 2 is 1.83 bits per heavy atom. The summed E-state index contributed by atoms with van der Waals surface area (Å²) in [4.78, 5) is 0. The molecule has 1 aliphatic rings. The second-order valence-corrected chi connectivity index (χ2v) is 3.08. The van der Waals surface area contributed by atoms with E-state index in [1.165, 1.54) is 0 Å². The molecule has 1 fully saturated rings. The van der Waals surface area contributed by atoms with Gasteiger partial charge in [0.15, 0.2) is 0 Å². The number of hydrogen-bond acceptors (Lipinski definition) is 5. The first-order valence-electron chi connectivity index (χ1n) is 4.05. The lowest BCUT2D eigenvalue weighted by Crippen LogP contribution is -2.48. The predicted octanol–water partition coefficient (Wildman–Crippen LogP) is -2.58. The minimum absolute atomic E-state index is 0.245. The highest BCUT2D eigenvalue weighted by Gasteiger charge is 2.33. The van der Waals surface area contributed by atoms with Crippen LogP contribution < -0.4 is 5.32 Å². The molecule has 5 N–H and O–H groups in total. The van der Waals surface area contributed by atoms with Gasteiger partial charge in [-0.3, -0.25) is 0 Å². The fourth-order valence-corrected chi connectivity index (χ4v) is 1.35. The zero-order valence-corrected chi connectivity index (χ0v) is 6.72. The summed E-state index contributed by atoms with van der Waals surface area (Å²) in [6, 6.07) is -0.544. The van der Waals surface area contributed by atoms with Crippen molar-refractivity contribution in [2.45, 2.75) is 30.8 Å². The maximum atomic E-state index is 9.36. The Kier molecular flexibility index (Phi) is 3.42. The highest BCUT2D eigenvalue weighted by Crippen LogP contribution is 2.11. The molecule has 5 nitrogen and oxygen atoms in total. The summed E-state index contributed by atoms with van der Waals surface area (Å²) < 4.78 is 0. The van der Waals surface area contributed by atoms with Gasteiger partial charge in [-0.1, -0.05) is 0 Å². The summed E-state index contributed by atoms with van der Waals surface area (Å²) in [7, 11) is 0. The standard InChI is InChI=1S/C7H15NO4/c9-3-4-6(11)7(12)5(10)1-2-8-4/h4-12H,1-3H2. The van der Waals surface area contributed by atoms with Crippen molar-refractivity contribution in [2.75, 3.05) is 13.2 Å². The lowest BCUT2D eigenvalue weighted by Gasteiger charge is -2.24. The first-order valence-corrected chi connectivity index (χ1v) is 4.05. The molecule has 0 bridgehead atoms. The number of rotatable bonds is 1. The third-order valence-electron chi connectivity index (χ3n) is 2.20. The monoisotopic (exact) mass is 177 g/mol. The van der Waals surface area contributed by atoms with E-state index in [1.807, 2.05) is 0 Å². The minimum Gasteiger partial charge on any atom is -0.395 e. The summed E-state index contributed by atoms with van der Waals surface area (Å²) in [6.07, 6.45) is -2.80. The van der Waals surface area contributed by atoms with Gasteiger partial charge in [-0.2, -0.15) is 0 Å². The van der Waals surface area contributed by atoms with Crippen LogP contribution in [-0.2, 0) is 0 Å². The van der Waals surface area contributed by atoms with Gasteiger partial charge in [-0.25, -0.2) is 0 Å². The lowest BCUT2D eigenvalue weighted by atomic mass is 10.0. The Morgan fingerprint density at radius 3 is 2.42 bits per heavy atom. The van der Waals surface area contributed by atoms with Gasteiger partial charge < -0.3 is 25.7 Å². The first-order chi connectivity index (χ1) is 5.66. The Balaban J connectivity index is 2.59. The smallest absolute Gasteiger partial charge is 0.107 e. The van der Waals surface area contributed by atoms with E-state index in [9.17, 15) is 15.3 Å². The predicted molar refractivity (Wildman–Crippen MR) is 41.5 cm³/mol. The molecule has 0 radical (unpaired) electrons. The maximum absolute atomic E-state index is 9.36. The van der Waals surface area contributed by atoms with Gasteiger partial charge in [-0.05, 0) is 13.0 Å². The molecule has 0 spiro atoms. The van der Waals surface area contributed by atoms with Crippen molar-refractivity contribution in [3.05, 3.63) is 0 Å². The first kappa shape index (κ1) is 9.88. The van der Waals surface area contributed by atoms with Crippen molar-refractivity contribution in [1.29, 1.82) is 0 Å². The van der Waals surface area contributed by atoms with Crippen LogP contribution in [0, 0.1) is 0 Å². The fraction of sp³-hybridized carbons (Fsp3) is 1.00. The Hall–Kier alpha value is -0.200. The number of aliphatic hydroxyl groups is 4. The molecule has 72 valence electrons. The van der Waals surface area contributed by atoms with Gasteiger partial charge in [-0.15, -0.1) is 0 Å². The van der Waals surface area contributed by atoms with Gasteiger partial charge in [0.1, 0.15) is 6.10 Å². The number of nitrogens with one attached hydrogen (secondary N) is 1. The van der Waals surface area contributed by atoms with Crippen LogP contribution in [0.5, 0.6) is 0 Å². The van der Waals surface area contributed by atoms with Crippen LogP contribution in [-0.4, -0.2) is 57.9 Å². The van der Waals surface area contributed by atoms with Crippen LogP contribution in [0.1, 0.15) is 6.42 Å². The van der Waals surface area contributed by atoms with Crippen LogP contribution in [0.3, 0.4) is 0 Å². The molecule has 1 heterocycles. The summed E-state index contributed by atoms with van der Waals surface area (Å²) in [5.74, 6) is 0. The van der Waals surface area contributed by atoms with E-state index in [1.54, 1.807) is 0 Å². The van der Waals surface area contributed by atoms with Crippen molar-refractivity contribution in [3.63, 3.8) is 0 Å². The zero-order valence-electron chi connectivity index (χ0n) is 6.72. The quantitative estimate of drug-likeness (QED) is 0.303. The van der Waals surface area contributed by atoms with Crippen LogP contribution in [0.2, 0.25) is 0 Å². The highest BCUT2D eigenvalue weighted by atomic mass is 16.4. The second-order valence-electron chi connectivity index (χ2n) is 3.08. The van der Waals surface area contributed by atoms with E-state index in [-0.39, 0.29) is 6.61 Å². The molecule has 1 saturated heterocycles. The largest absolute Gasteiger partial charge is 0.395 e. The average molecular weight is 177 g/mol. The van der Waals surface area contributed by atoms with E-state index in [0.29, 0.717) is 13.0 Å². The van der Waals surface area contributed by atoms with E-state index in [4.69, 9.17) is 5.11 Å². The molecule has 0 aromatic carbocycles. The number of hydrogen-bond donors (Lipinski definition) is 5. The summed E-state index contributed by atoms with van der Waals surface area (Å²) in [6.45, 7) is 0.242. The molecule has 0 aliphatic carbocycles. The Morgan fingerprint density at radius 1 is 1.17 bits per heavy atom. The van der Waals surface area contributed by atoms with Crippen molar-refractivity contribution in [2.24, 2.45) is 0 Å². The molecule has 12 heavy (non-hydrogen) atoms. The Bertz CT molecular complexity index is 141. The maximum Gasteiger partial charge on any atom is 0.107 e. The molecule has 0 aromatic heterocycles. The van der Waals surface area contributed by atoms with Crippen molar-refractivity contribution >= 4 is 0 Å². The molecule has 1 rings (SSSR count). The summed E-state index contributed by atoms with van der Waals surface area (Å²) in [5, 5.41) is 39.4. The van der Waals surface area contributed by atoms with Gasteiger partial charge in [0.05, 0.1) is 24.9 Å². The lowest BCUT2D eigenvalue weighted by molar-refractivity contribution is -0.0674. The molecular weight excluding hydrogens is 162 g/mol. The van der Waals surface area contributed by atoms with Crippen molar-refractivity contribution in [3.8, 4) is 0 Å². The van der Waals surface area contributed by atoms with Crippen LogP contribution >= 0.6 is 0 Å². The molecule has 5 heteroatoms. The van der Waals surface area contributed by atoms with Crippen molar-refractivity contribution in [1.82, 2.24) is 5.32 Å². The van der Waals surface area contributed by atoms with Gasteiger partial charge >= 0.3 is 0 Å². The van der Waals surface area contributed by atoms with Crippen LogP contribution in [0.25, 0.3) is 0 Å². The van der Waals surface area contributed by atoms with Crippen LogP contribution in [0.15, 0.2) is 0 Å². The average Bonchev–Trinajstić information content (AvgIpc) is 2.19. The molecule has 0 aromatic rings. The fourth-order valence-electron chi connectivity index (χ4n) is 1.35. The number of aliphatic hydroxyl groups excluding tert-OH is 4. The topological polar surface area (TPSA) is 93.0 Å². The van der Waals surface area contributed by atoms with Gasteiger partial charge in [0.2, 0.25) is 0 Å². The van der Waals surface area contributed by atoms with Gasteiger partial charge in [0.25, 0.3) is 0 Å². The van der Waals surface area contributed by atoms with Gasteiger partial charge in [0, 0.05) is 0 Å². The van der Waals surface area contributed by atoms with E-state index >= 15 is 0 Å². The zero-order chi connectivity index (χ0) is 9.14. The Labute approximate surface area is 70.6 Å². The minimum atomic E-state index is -1.17. The third-order valence-corrected chi connectivity index (χ3v) is 2.20. The van der Waals surface area contributed by atoms with Crippen LogP contribution in [0.4, 0.5) is 0 Å². The molecule has 4 unspecified atom stereocenters. The molecule has 1 aliphatic heterocycles. The van der Waals surface area contributed by atoms with E-state index in [0.717, 1.165) is 0 Å². The van der Waals surface area contributed by atoms with E-state index in [2.05, 4.69) is 5.32 Å². The molecular formula is C7H15NO4. The molecule has 0 amide bonds. The molecule has 4 atom stereocenters. The van der Waals surface area contributed by atoms with Crippen molar-refractivity contribution < 1.29 is 20.4 Å². The SMILES string of the molecule is OCC1NCCC(O)C(O)C1O. The third kappa shape index (κ3) is 1.94.